The molecule has 1 N–H and O–H groups in total. The number of nitrogens with one attached hydrogen (secondary N) is 1. The van der Waals surface area contributed by atoms with E-state index in [9.17, 15) is 4.79 Å². The molecule has 0 spiro atoms. The molecule has 1 fully saturated rings. The highest BCUT2D eigenvalue weighted by atomic mass is 16.1. The lowest BCUT2D eigenvalue weighted by Gasteiger charge is -2.40. The smallest absolute Gasteiger partial charge is 0.266 e. The molecule has 0 atom stereocenters. The number of fused-ring (bicyclic) bond motifs is 1. The third kappa shape index (κ3) is 2.92. The average molecular weight is 373 g/mol. The largest absolute Gasteiger partial charge is 0.354 e. The normalized spacial score (nSPS) is 14.4. The van der Waals surface area contributed by atoms with E-state index in [2.05, 4.69) is 29.9 Å². The van der Waals surface area contributed by atoms with Crippen molar-refractivity contribution in [2.75, 3.05) is 18.0 Å². The Morgan fingerprint density at radius 1 is 1.21 bits per heavy atom. The molecule has 0 amide bonds. The highest BCUT2D eigenvalue weighted by molar-refractivity contribution is 5.87. The quantitative estimate of drug-likeness (QED) is 0.588. The molecule has 1 aliphatic heterocycles. The van der Waals surface area contributed by atoms with Crippen LogP contribution >= 0.6 is 0 Å². The van der Waals surface area contributed by atoms with Crippen molar-refractivity contribution in [1.82, 2.24) is 29.7 Å². The minimum atomic E-state index is -0.0875. The van der Waals surface area contributed by atoms with Gasteiger partial charge in [0.15, 0.2) is 5.82 Å². The molecule has 0 saturated carbocycles. The number of nitrogens with zero attached hydrogens (tertiary/aromatic N) is 6. The summed E-state index contributed by atoms with van der Waals surface area (Å²) in [5.41, 5.74) is 4.52. The first-order valence-corrected chi connectivity index (χ1v) is 9.21. The fourth-order valence-electron chi connectivity index (χ4n) is 3.65. The predicted octanol–water partition coefficient (Wildman–Crippen LogP) is 2.02. The van der Waals surface area contributed by atoms with Gasteiger partial charge in [-0.25, -0.2) is 14.6 Å². The summed E-state index contributed by atoms with van der Waals surface area (Å²) in [5.74, 6) is 1.26. The number of hydrogen-bond donors (Lipinski definition) is 1. The van der Waals surface area contributed by atoms with Crippen LogP contribution in [0.1, 0.15) is 5.69 Å². The van der Waals surface area contributed by atoms with E-state index in [1.807, 2.05) is 25.1 Å². The monoisotopic (exact) mass is 373 g/mol. The Balaban J connectivity index is 1.33. The summed E-state index contributed by atoms with van der Waals surface area (Å²) in [5, 5.41) is 4.53. The number of aryl methyl sites for hydroxylation is 1. The van der Waals surface area contributed by atoms with Gasteiger partial charge in [0, 0.05) is 48.7 Å². The maximum absolute atomic E-state index is 12.3. The van der Waals surface area contributed by atoms with Gasteiger partial charge < -0.3 is 9.88 Å². The lowest BCUT2D eigenvalue weighted by Crippen LogP contribution is -2.50. The molecular formula is C20H19N7O. The summed E-state index contributed by atoms with van der Waals surface area (Å²) in [4.78, 5) is 30.7. The Morgan fingerprint density at radius 2 is 2.11 bits per heavy atom. The first-order chi connectivity index (χ1) is 13.7. The number of pyridine rings is 1. The second-order valence-corrected chi connectivity index (χ2v) is 7.16. The molecule has 5 heterocycles. The second kappa shape index (κ2) is 6.56. The van der Waals surface area contributed by atoms with Gasteiger partial charge in [0.2, 0.25) is 0 Å². The van der Waals surface area contributed by atoms with Gasteiger partial charge >= 0.3 is 0 Å². The Morgan fingerprint density at radius 3 is 2.93 bits per heavy atom. The minimum Gasteiger partial charge on any atom is -0.354 e. The SMILES string of the molecule is Cc1cc2ncnc(N3CC(Cn4nc(-c5cccnc5)ccc4=O)C3)c2[nH]1. The zero-order chi connectivity index (χ0) is 19.1. The zero-order valence-corrected chi connectivity index (χ0v) is 15.4. The molecule has 28 heavy (non-hydrogen) atoms. The van der Waals surface area contributed by atoms with Gasteiger partial charge in [-0.1, -0.05) is 0 Å². The Hall–Kier alpha value is -3.55. The van der Waals surface area contributed by atoms with Crippen molar-refractivity contribution in [1.29, 1.82) is 0 Å². The first-order valence-electron chi connectivity index (χ1n) is 9.21. The lowest BCUT2D eigenvalue weighted by atomic mass is 10.00. The number of aromatic nitrogens is 6. The van der Waals surface area contributed by atoms with E-state index < -0.39 is 0 Å². The number of rotatable bonds is 4. The topological polar surface area (TPSA) is 92.6 Å². The zero-order valence-electron chi connectivity index (χ0n) is 15.4. The highest BCUT2D eigenvalue weighted by Gasteiger charge is 2.30. The average Bonchev–Trinajstić information content (AvgIpc) is 3.07. The fraction of sp³-hybridized carbons (Fsp3) is 0.250. The Kier molecular flexibility index (Phi) is 3.89. The van der Waals surface area contributed by atoms with E-state index >= 15 is 0 Å². The second-order valence-electron chi connectivity index (χ2n) is 7.16. The van der Waals surface area contributed by atoms with Crippen LogP contribution in [0.4, 0.5) is 5.82 Å². The van der Waals surface area contributed by atoms with Crippen molar-refractivity contribution < 1.29 is 0 Å². The van der Waals surface area contributed by atoms with Crippen LogP contribution in [0.5, 0.6) is 0 Å². The summed E-state index contributed by atoms with van der Waals surface area (Å²) in [6, 6.07) is 9.13. The molecule has 0 aliphatic carbocycles. The molecule has 8 nitrogen and oxygen atoms in total. The standard InChI is InChI=1S/C20H19N7O/c1-13-7-17-19(24-13)20(23-12-22-17)26-9-14(10-26)11-27-18(28)5-4-16(25-27)15-3-2-6-21-8-15/h2-8,12,14,24H,9-11H2,1H3. The van der Waals surface area contributed by atoms with Crippen molar-refractivity contribution in [2.24, 2.45) is 5.92 Å². The van der Waals surface area contributed by atoms with Crippen molar-refractivity contribution in [2.45, 2.75) is 13.5 Å². The summed E-state index contributed by atoms with van der Waals surface area (Å²) in [7, 11) is 0. The third-order valence-electron chi connectivity index (χ3n) is 5.04. The summed E-state index contributed by atoms with van der Waals surface area (Å²) < 4.78 is 1.55. The highest BCUT2D eigenvalue weighted by Crippen LogP contribution is 2.29. The van der Waals surface area contributed by atoms with Gasteiger partial charge in [-0.05, 0) is 31.2 Å². The van der Waals surface area contributed by atoms with Crippen LogP contribution in [0.15, 0.2) is 53.8 Å². The van der Waals surface area contributed by atoms with Gasteiger partial charge in [0.05, 0.1) is 17.8 Å². The van der Waals surface area contributed by atoms with Gasteiger partial charge in [-0.3, -0.25) is 9.78 Å². The maximum Gasteiger partial charge on any atom is 0.266 e. The van der Waals surface area contributed by atoms with Gasteiger partial charge in [-0.2, -0.15) is 5.10 Å². The number of hydrogen-bond acceptors (Lipinski definition) is 6. The summed E-state index contributed by atoms with van der Waals surface area (Å²) >= 11 is 0. The molecule has 0 aromatic carbocycles. The third-order valence-corrected chi connectivity index (χ3v) is 5.04. The molecule has 140 valence electrons. The van der Waals surface area contributed by atoms with Gasteiger partial charge in [0.1, 0.15) is 11.8 Å². The molecule has 1 saturated heterocycles. The van der Waals surface area contributed by atoms with E-state index in [1.54, 1.807) is 35.5 Å². The molecule has 5 rings (SSSR count). The van der Waals surface area contributed by atoms with Crippen molar-refractivity contribution in [3.63, 3.8) is 0 Å². The van der Waals surface area contributed by atoms with E-state index in [0.717, 1.165) is 46.9 Å². The van der Waals surface area contributed by atoms with E-state index in [0.29, 0.717) is 12.5 Å². The molecule has 1 aliphatic rings. The van der Waals surface area contributed by atoms with Crippen LogP contribution in [0.25, 0.3) is 22.3 Å². The van der Waals surface area contributed by atoms with Gasteiger partial charge in [0.25, 0.3) is 5.56 Å². The molecular weight excluding hydrogens is 354 g/mol. The number of H-pyrrole nitrogens is 1. The van der Waals surface area contributed by atoms with Crippen LogP contribution in [0, 0.1) is 12.8 Å². The molecule has 0 radical (unpaired) electrons. The van der Waals surface area contributed by atoms with Crippen LogP contribution < -0.4 is 10.5 Å². The van der Waals surface area contributed by atoms with Crippen LogP contribution in [-0.2, 0) is 6.54 Å². The van der Waals surface area contributed by atoms with Crippen molar-refractivity contribution in [3.8, 4) is 11.3 Å². The Bertz CT molecular complexity index is 1190. The fourth-order valence-corrected chi connectivity index (χ4v) is 3.65. The van der Waals surface area contributed by atoms with Crippen molar-refractivity contribution >= 4 is 16.9 Å². The lowest BCUT2D eigenvalue weighted by molar-refractivity contribution is 0.334. The molecule has 8 heteroatoms. The first kappa shape index (κ1) is 16.6. The van der Waals surface area contributed by atoms with E-state index in [1.165, 1.54) is 0 Å². The van der Waals surface area contributed by atoms with E-state index in [-0.39, 0.29) is 5.56 Å². The minimum absolute atomic E-state index is 0.0875. The predicted molar refractivity (Wildman–Crippen MR) is 106 cm³/mol. The van der Waals surface area contributed by atoms with Crippen LogP contribution in [0.3, 0.4) is 0 Å². The molecule has 4 aromatic heterocycles. The number of anilines is 1. The number of aromatic amines is 1. The Labute approximate surface area is 160 Å². The molecule has 0 unspecified atom stereocenters. The maximum atomic E-state index is 12.3. The van der Waals surface area contributed by atoms with Crippen LogP contribution in [-0.4, -0.2) is 42.8 Å². The van der Waals surface area contributed by atoms with Gasteiger partial charge in [-0.15, -0.1) is 0 Å². The summed E-state index contributed by atoms with van der Waals surface area (Å²) in [6.07, 6.45) is 5.07. The summed E-state index contributed by atoms with van der Waals surface area (Å²) in [6.45, 7) is 4.25. The van der Waals surface area contributed by atoms with E-state index in [4.69, 9.17) is 0 Å². The molecule has 0 bridgehead atoms. The van der Waals surface area contributed by atoms with Crippen LogP contribution in [0.2, 0.25) is 0 Å². The molecule has 4 aromatic rings. The van der Waals surface area contributed by atoms with Crippen molar-refractivity contribution in [3.05, 3.63) is 65.1 Å².